The van der Waals surface area contributed by atoms with Crippen LogP contribution >= 0.6 is 34.9 Å². The van der Waals surface area contributed by atoms with Crippen molar-refractivity contribution in [2.24, 2.45) is 5.16 Å². The van der Waals surface area contributed by atoms with Crippen LogP contribution in [0.4, 0.5) is 18.3 Å². The van der Waals surface area contributed by atoms with Crippen LogP contribution in [-0.2, 0) is 39.8 Å². The Morgan fingerprint density at radius 1 is 1.03 bits per heavy atom. The van der Waals surface area contributed by atoms with Crippen LogP contribution in [-0.4, -0.2) is 110 Å². The fourth-order valence-electron chi connectivity index (χ4n) is 5.60. The van der Waals surface area contributed by atoms with Crippen LogP contribution in [0.5, 0.6) is 11.5 Å². The van der Waals surface area contributed by atoms with Gasteiger partial charge < -0.3 is 30.5 Å². The van der Waals surface area contributed by atoms with Gasteiger partial charge in [-0.1, -0.05) is 5.16 Å². The van der Waals surface area contributed by atoms with E-state index < -0.39 is 76.3 Å². The number of carbonyl (C=O) groups is 7. The van der Waals surface area contributed by atoms with Crippen molar-refractivity contribution in [2.45, 2.75) is 62.8 Å². The van der Waals surface area contributed by atoms with Gasteiger partial charge in [-0.25, -0.2) is 14.8 Å². The first-order valence-electron chi connectivity index (χ1n) is 17.8. The molecule has 6 rings (SSSR count). The van der Waals surface area contributed by atoms with Crippen LogP contribution < -0.4 is 31.4 Å². The number of aryl methyl sites for hydroxylation is 1. The van der Waals surface area contributed by atoms with Gasteiger partial charge in [-0.2, -0.15) is 22.7 Å². The number of anilines is 1. The summed E-state index contributed by atoms with van der Waals surface area (Å²) in [6.07, 6.45) is -4.84. The molecular formula is C35H32F3N11O11S3. The molecule has 4 amide bonds. The number of amides is 4. The SMILES string of the molecule is CC(=O)Oc1ccc(C(=O)NNC(=O)C(C)(C)ON=C(C(=O)NC2C(=O)N3C(C(=O)O)=C(CSc4cc(C)nc5nc(C(F)(F)F)nn45)CS[C@@H]23)c2csc(N)n2)cc1OC(C)=O. The predicted molar refractivity (Wildman–Crippen MR) is 214 cm³/mol. The van der Waals surface area contributed by atoms with Gasteiger partial charge >= 0.3 is 24.1 Å². The topological polar surface area (TPSA) is 301 Å². The van der Waals surface area contributed by atoms with E-state index in [0.29, 0.717) is 5.69 Å². The van der Waals surface area contributed by atoms with Crippen LogP contribution in [0.3, 0.4) is 0 Å². The molecule has 1 fully saturated rings. The van der Waals surface area contributed by atoms with E-state index in [9.17, 15) is 51.8 Å². The molecule has 0 bridgehead atoms. The Hall–Kier alpha value is -6.81. The lowest BCUT2D eigenvalue weighted by Crippen LogP contribution is -2.71. The zero-order chi connectivity index (χ0) is 46.1. The number of β-lactam (4-membered cyclic amide) rings is 1. The number of benzene rings is 1. The minimum atomic E-state index is -4.84. The lowest BCUT2D eigenvalue weighted by Gasteiger charge is -2.49. The normalized spacial score (nSPS) is 16.5. The molecule has 0 spiro atoms. The second-order valence-electron chi connectivity index (χ2n) is 13.7. The number of ether oxygens (including phenoxy) is 2. The maximum absolute atomic E-state index is 13.7. The number of aliphatic carboxylic acids is 1. The standard InChI is InChI=1S/C35H32F3N11O11S3/c1-13-8-21(49-33(40-13)43-30(46-49)35(36,37)38)61-10-17-11-62-28-23(27(54)48(28)24(17)29(55)56)42-26(53)22(18-12-63-32(39)41-18)47-60-34(4,5)31(57)45-44-25(52)16-6-7-19(58-14(2)50)20(9-16)59-15(3)51/h6-9,12,23,28H,10-11H2,1-5H3,(H2,39,41)(H,42,53)(H,44,52)(H,45,57)(H,55,56)/t23?,28-/m0/s1. The quantitative estimate of drug-likeness (QED) is 0.0243. The molecule has 1 unspecified atom stereocenters. The van der Waals surface area contributed by atoms with Gasteiger partial charge in [0.1, 0.15) is 27.8 Å². The third-order valence-corrected chi connectivity index (χ3v) is 11.6. The Bertz CT molecular complexity index is 2650. The van der Waals surface area contributed by atoms with Gasteiger partial charge in [0.15, 0.2) is 22.3 Å². The molecule has 3 aromatic heterocycles. The number of nitrogens with one attached hydrogen (secondary N) is 3. The average molecular weight is 936 g/mol. The van der Waals surface area contributed by atoms with E-state index in [1.54, 1.807) is 6.92 Å². The summed E-state index contributed by atoms with van der Waals surface area (Å²) in [4.78, 5) is 107. The third-order valence-electron chi connectivity index (χ3n) is 8.49. The minimum absolute atomic E-state index is 0.0191. The van der Waals surface area contributed by atoms with Gasteiger partial charge in [0.2, 0.25) is 5.60 Å². The third kappa shape index (κ3) is 10.1. The number of halogens is 3. The fraction of sp³-hybridized carbons (Fsp3) is 0.314. The van der Waals surface area contributed by atoms with Crippen molar-refractivity contribution in [1.29, 1.82) is 0 Å². The number of thiazole rings is 1. The number of oxime groups is 1. The highest BCUT2D eigenvalue weighted by atomic mass is 32.2. The summed E-state index contributed by atoms with van der Waals surface area (Å²) in [5.74, 6) is -8.77. The smallest absolute Gasteiger partial charge is 0.453 e. The Kier molecular flexibility index (Phi) is 13.0. The van der Waals surface area contributed by atoms with Crippen molar-refractivity contribution in [2.75, 3.05) is 17.2 Å². The van der Waals surface area contributed by atoms with E-state index in [-0.39, 0.29) is 61.5 Å². The molecule has 2 atom stereocenters. The summed E-state index contributed by atoms with van der Waals surface area (Å²) in [5.41, 5.74) is 7.64. The molecule has 2 aliphatic rings. The van der Waals surface area contributed by atoms with Crippen molar-refractivity contribution in [3.63, 3.8) is 0 Å². The van der Waals surface area contributed by atoms with E-state index >= 15 is 0 Å². The van der Waals surface area contributed by atoms with E-state index in [0.717, 1.165) is 64.2 Å². The first kappa shape index (κ1) is 45.7. The highest BCUT2D eigenvalue weighted by Gasteiger charge is 2.54. The molecule has 1 saturated heterocycles. The van der Waals surface area contributed by atoms with Gasteiger partial charge in [-0.05, 0) is 50.6 Å². The minimum Gasteiger partial charge on any atom is -0.477 e. The molecule has 5 heterocycles. The number of nitrogens with two attached hydrogens (primary N) is 1. The number of esters is 2. The number of hydrazine groups is 1. The summed E-state index contributed by atoms with van der Waals surface area (Å²) in [6, 6.07) is 3.69. The molecule has 6 N–H and O–H groups in total. The van der Waals surface area contributed by atoms with Gasteiger partial charge in [0, 0.05) is 42.0 Å². The molecule has 1 aromatic carbocycles. The summed E-state index contributed by atoms with van der Waals surface area (Å²) >= 11 is 3.01. The molecule has 0 radical (unpaired) electrons. The molecule has 28 heteroatoms. The number of carboxylic acids is 1. The number of rotatable bonds is 13. The van der Waals surface area contributed by atoms with Crippen LogP contribution in [0.2, 0.25) is 0 Å². The number of alkyl halides is 3. The number of carbonyl (C=O) groups excluding carboxylic acids is 6. The Balaban J connectivity index is 1.13. The highest BCUT2D eigenvalue weighted by molar-refractivity contribution is 8.01. The molecule has 2 aliphatic heterocycles. The molecule has 332 valence electrons. The van der Waals surface area contributed by atoms with Crippen molar-refractivity contribution in [3.05, 3.63) is 63.7 Å². The largest absolute Gasteiger partial charge is 0.477 e. The van der Waals surface area contributed by atoms with E-state index in [1.165, 1.54) is 37.4 Å². The highest BCUT2D eigenvalue weighted by Crippen LogP contribution is 2.42. The maximum Gasteiger partial charge on any atom is 0.453 e. The van der Waals surface area contributed by atoms with Crippen LogP contribution in [0.15, 0.2) is 51.1 Å². The fourth-order valence-corrected chi connectivity index (χ4v) is 8.69. The molecule has 63 heavy (non-hydrogen) atoms. The molecule has 4 aromatic rings. The van der Waals surface area contributed by atoms with Crippen molar-refractivity contribution in [1.82, 2.24) is 45.6 Å². The first-order chi connectivity index (χ1) is 29.5. The van der Waals surface area contributed by atoms with Gasteiger partial charge in [-0.15, -0.1) is 40.0 Å². The predicted octanol–water partition coefficient (Wildman–Crippen LogP) is 1.83. The Morgan fingerprint density at radius 3 is 2.37 bits per heavy atom. The second-order valence-corrected chi connectivity index (χ2v) is 16.6. The number of nitrogen functional groups attached to an aromatic ring is 1. The van der Waals surface area contributed by atoms with Crippen molar-refractivity contribution >= 4 is 93.0 Å². The van der Waals surface area contributed by atoms with Gasteiger partial charge in [0.25, 0.3) is 35.2 Å². The molecular weight excluding hydrogens is 904 g/mol. The van der Waals surface area contributed by atoms with E-state index in [2.05, 4.69) is 41.4 Å². The number of fused-ring (bicyclic) bond motifs is 2. The Morgan fingerprint density at radius 2 is 1.73 bits per heavy atom. The molecule has 0 aliphatic carbocycles. The molecule has 22 nitrogen and oxygen atoms in total. The van der Waals surface area contributed by atoms with Crippen LogP contribution in [0.1, 0.15) is 55.3 Å². The number of thioether (sulfide) groups is 2. The lowest BCUT2D eigenvalue weighted by molar-refractivity contribution is -0.150. The first-order valence-corrected chi connectivity index (χ1v) is 20.7. The summed E-state index contributed by atoms with van der Waals surface area (Å²) in [5, 5.41) is 20.7. The summed E-state index contributed by atoms with van der Waals surface area (Å²) in [7, 11) is 0. The van der Waals surface area contributed by atoms with Crippen molar-refractivity contribution < 1.29 is 66.2 Å². The maximum atomic E-state index is 13.7. The lowest BCUT2D eigenvalue weighted by atomic mass is 10.0. The molecule has 0 saturated carbocycles. The van der Waals surface area contributed by atoms with Gasteiger partial charge in [0.05, 0.1) is 0 Å². The number of aromatic nitrogens is 5. The zero-order valence-corrected chi connectivity index (χ0v) is 35.5. The number of hydrogen-bond acceptors (Lipinski definition) is 19. The monoisotopic (exact) mass is 935 g/mol. The number of hydrogen-bond donors (Lipinski definition) is 5. The average Bonchev–Trinajstić information content (AvgIpc) is 3.84. The Labute approximate surface area is 364 Å². The second kappa shape index (κ2) is 17.9. The van der Waals surface area contributed by atoms with Gasteiger partial charge in [-0.3, -0.25) is 44.5 Å². The summed E-state index contributed by atoms with van der Waals surface area (Å²) < 4.78 is 50.9. The van der Waals surface area contributed by atoms with E-state index in [1.807, 2.05) is 0 Å². The summed E-state index contributed by atoms with van der Waals surface area (Å²) in [6.45, 7) is 6.22. The van der Waals surface area contributed by atoms with E-state index in [4.69, 9.17) is 20.0 Å². The zero-order valence-electron chi connectivity index (χ0n) is 33.1. The van der Waals surface area contributed by atoms with Crippen molar-refractivity contribution in [3.8, 4) is 11.5 Å². The van der Waals surface area contributed by atoms with Crippen LogP contribution in [0.25, 0.3) is 5.78 Å². The van der Waals surface area contributed by atoms with Crippen LogP contribution in [0, 0.1) is 6.92 Å². The number of carboxylic acid groups (broad SMARTS) is 1. The number of nitrogens with zero attached hydrogens (tertiary/aromatic N) is 7.